The highest BCUT2D eigenvalue weighted by molar-refractivity contribution is 6.15. The fourth-order valence-corrected chi connectivity index (χ4v) is 7.81. The molecule has 5 heteroatoms. The van der Waals surface area contributed by atoms with Gasteiger partial charge in [-0.15, -0.1) is 0 Å². The Morgan fingerprint density at radius 3 is 1.36 bits per heavy atom. The number of furan rings is 2. The van der Waals surface area contributed by atoms with E-state index in [1.54, 1.807) is 0 Å². The number of aromatic nitrogens is 3. The van der Waals surface area contributed by atoms with Crippen LogP contribution in [0.15, 0.2) is 197 Å². The van der Waals surface area contributed by atoms with Crippen molar-refractivity contribution in [1.82, 2.24) is 15.0 Å². The largest absolute Gasteiger partial charge is 0.455 e. The maximum absolute atomic E-state index is 6.75. The minimum absolute atomic E-state index is 0.569. The molecular weight excluding hydrogens is 687 g/mol. The molecule has 0 saturated heterocycles. The van der Waals surface area contributed by atoms with Crippen molar-refractivity contribution >= 4 is 43.9 Å². The van der Waals surface area contributed by atoms with Crippen molar-refractivity contribution in [2.24, 2.45) is 0 Å². The quantitative estimate of drug-likeness (QED) is 0.171. The van der Waals surface area contributed by atoms with Crippen LogP contribution in [-0.4, -0.2) is 15.0 Å². The van der Waals surface area contributed by atoms with E-state index in [2.05, 4.69) is 127 Å². The fraction of sp³-hybridized carbons (Fsp3) is 0. The smallest absolute Gasteiger partial charge is 0.164 e. The van der Waals surface area contributed by atoms with Gasteiger partial charge in [0.2, 0.25) is 0 Å². The Balaban J connectivity index is 1.03. The van der Waals surface area contributed by atoms with Gasteiger partial charge >= 0.3 is 0 Å². The predicted octanol–water partition coefficient (Wildman–Crippen LogP) is 13.7. The van der Waals surface area contributed by atoms with Gasteiger partial charge in [0.05, 0.1) is 0 Å². The minimum Gasteiger partial charge on any atom is -0.455 e. The molecule has 0 N–H and O–H groups in total. The Kier molecular flexibility index (Phi) is 7.42. The Labute approximate surface area is 322 Å². The van der Waals surface area contributed by atoms with E-state index in [1.165, 1.54) is 11.1 Å². The molecule has 3 heterocycles. The van der Waals surface area contributed by atoms with Crippen LogP contribution in [0.5, 0.6) is 0 Å². The summed E-state index contributed by atoms with van der Waals surface area (Å²) in [5.74, 6) is 1.77. The number of hydrogen-bond acceptors (Lipinski definition) is 5. The van der Waals surface area contributed by atoms with Gasteiger partial charge in [0, 0.05) is 49.4 Å². The van der Waals surface area contributed by atoms with Crippen molar-refractivity contribution in [3.05, 3.63) is 188 Å². The van der Waals surface area contributed by atoms with Crippen LogP contribution < -0.4 is 0 Å². The standard InChI is InChI=1S/C51H31N3O2/c1-3-13-32(14-4-1)34-17-9-18-35(29-34)36-19-10-20-37(30-36)50-52-49(33-15-5-2-6-16-33)53-51(54-50)38-27-28-40-42-23-12-25-44(48(42)56-46(40)31-38)43-24-11-22-41-39-21-7-8-26-45(39)55-47(41)43/h1-31H. The number of nitrogens with zero attached hydrogens (tertiary/aromatic N) is 3. The zero-order valence-electron chi connectivity index (χ0n) is 30.1. The minimum atomic E-state index is 0.569. The molecule has 0 spiro atoms. The van der Waals surface area contributed by atoms with Crippen LogP contribution in [0.4, 0.5) is 0 Å². The Morgan fingerprint density at radius 1 is 0.268 bits per heavy atom. The van der Waals surface area contributed by atoms with Crippen LogP contribution in [0, 0.1) is 0 Å². The average Bonchev–Trinajstić information content (AvgIpc) is 3.85. The summed E-state index contributed by atoms with van der Waals surface area (Å²) in [6, 6.07) is 64.5. The summed E-state index contributed by atoms with van der Waals surface area (Å²) in [5.41, 5.74) is 12.5. The van der Waals surface area contributed by atoms with Crippen LogP contribution in [-0.2, 0) is 0 Å². The van der Waals surface area contributed by atoms with E-state index in [9.17, 15) is 0 Å². The molecule has 8 aromatic carbocycles. The molecule has 0 saturated carbocycles. The molecule has 0 fully saturated rings. The van der Waals surface area contributed by atoms with Crippen LogP contribution in [0.3, 0.4) is 0 Å². The normalized spacial score (nSPS) is 11.6. The fourth-order valence-electron chi connectivity index (χ4n) is 7.81. The Bertz CT molecular complexity index is 3250. The van der Waals surface area contributed by atoms with Crippen LogP contribution in [0.2, 0.25) is 0 Å². The summed E-state index contributed by atoms with van der Waals surface area (Å²) >= 11 is 0. The summed E-state index contributed by atoms with van der Waals surface area (Å²) in [6.45, 7) is 0. The summed E-state index contributed by atoms with van der Waals surface area (Å²) in [7, 11) is 0. The summed E-state index contributed by atoms with van der Waals surface area (Å²) in [5, 5.41) is 4.23. The van der Waals surface area contributed by atoms with Gasteiger partial charge in [-0.25, -0.2) is 15.0 Å². The first-order valence-corrected chi connectivity index (χ1v) is 18.7. The molecule has 56 heavy (non-hydrogen) atoms. The van der Waals surface area contributed by atoms with Crippen molar-refractivity contribution in [3.8, 4) is 67.5 Å². The van der Waals surface area contributed by atoms with Crippen molar-refractivity contribution in [2.75, 3.05) is 0 Å². The lowest BCUT2D eigenvalue weighted by molar-refractivity contribution is 0.665. The first-order valence-electron chi connectivity index (χ1n) is 18.7. The van der Waals surface area contributed by atoms with E-state index in [4.69, 9.17) is 23.8 Å². The molecule has 0 radical (unpaired) electrons. The summed E-state index contributed by atoms with van der Waals surface area (Å²) in [4.78, 5) is 15.2. The van der Waals surface area contributed by atoms with Crippen molar-refractivity contribution < 1.29 is 8.83 Å². The second-order valence-corrected chi connectivity index (χ2v) is 14.0. The molecule has 5 nitrogen and oxygen atoms in total. The zero-order valence-corrected chi connectivity index (χ0v) is 30.1. The summed E-state index contributed by atoms with van der Waals surface area (Å²) < 4.78 is 13.2. The molecule has 3 aromatic heterocycles. The highest BCUT2D eigenvalue weighted by Crippen LogP contribution is 2.42. The van der Waals surface area contributed by atoms with E-state index >= 15 is 0 Å². The van der Waals surface area contributed by atoms with E-state index in [-0.39, 0.29) is 0 Å². The second-order valence-electron chi connectivity index (χ2n) is 14.0. The third kappa shape index (κ3) is 5.45. The number of para-hydroxylation sites is 3. The molecule has 262 valence electrons. The van der Waals surface area contributed by atoms with Crippen molar-refractivity contribution in [1.29, 1.82) is 0 Å². The molecule has 11 rings (SSSR count). The van der Waals surface area contributed by atoms with E-state index in [1.807, 2.05) is 60.7 Å². The molecule has 0 atom stereocenters. The van der Waals surface area contributed by atoms with Gasteiger partial charge in [-0.05, 0) is 52.6 Å². The van der Waals surface area contributed by atoms with Crippen molar-refractivity contribution in [2.45, 2.75) is 0 Å². The monoisotopic (exact) mass is 717 g/mol. The van der Waals surface area contributed by atoms with Crippen LogP contribution in [0.1, 0.15) is 0 Å². The Morgan fingerprint density at radius 2 is 0.696 bits per heavy atom. The van der Waals surface area contributed by atoms with E-state index in [0.29, 0.717) is 17.5 Å². The molecule has 0 unspecified atom stereocenters. The maximum atomic E-state index is 6.75. The molecule has 0 aliphatic heterocycles. The highest BCUT2D eigenvalue weighted by atomic mass is 16.3. The number of benzene rings is 8. The lowest BCUT2D eigenvalue weighted by atomic mass is 9.98. The topological polar surface area (TPSA) is 65.0 Å². The second kappa shape index (κ2) is 13.0. The van der Waals surface area contributed by atoms with E-state index < -0.39 is 0 Å². The lowest BCUT2D eigenvalue weighted by Crippen LogP contribution is -2.00. The predicted molar refractivity (Wildman–Crippen MR) is 227 cm³/mol. The number of rotatable bonds is 6. The molecular formula is C51H31N3O2. The lowest BCUT2D eigenvalue weighted by Gasteiger charge is -2.10. The zero-order chi connectivity index (χ0) is 37.0. The van der Waals surface area contributed by atoms with Gasteiger partial charge in [-0.2, -0.15) is 0 Å². The summed E-state index contributed by atoms with van der Waals surface area (Å²) in [6.07, 6.45) is 0. The van der Waals surface area contributed by atoms with Gasteiger partial charge in [0.1, 0.15) is 22.3 Å². The van der Waals surface area contributed by atoms with Crippen LogP contribution in [0.25, 0.3) is 111 Å². The first-order chi connectivity index (χ1) is 27.7. The van der Waals surface area contributed by atoms with Gasteiger partial charge in [-0.1, -0.05) is 158 Å². The van der Waals surface area contributed by atoms with Crippen molar-refractivity contribution in [3.63, 3.8) is 0 Å². The number of hydrogen-bond donors (Lipinski definition) is 0. The maximum Gasteiger partial charge on any atom is 0.164 e. The number of fused-ring (bicyclic) bond motifs is 6. The first kappa shape index (κ1) is 31.9. The third-order valence-corrected chi connectivity index (χ3v) is 10.5. The molecule has 0 bridgehead atoms. The van der Waals surface area contributed by atoms with Gasteiger partial charge in [-0.3, -0.25) is 0 Å². The van der Waals surface area contributed by atoms with E-state index in [0.717, 1.165) is 82.8 Å². The highest BCUT2D eigenvalue weighted by Gasteiger charge is 2.19. The van der Waals surface area contributed by atoms with Gasteiger partial charge in [0.15, 0.2) is 17.5 Å². The Hall–Kier alpha value is -7.63. The molecule has 0 amide bonds. The molecule has 0 aliphatic rings. The van der Waals surface area contributed by atoms with Crippen LogP contribution >= 0.6 is 0 Å². The molecule has 11 aromatic rings. The third-order valence-electron chi connectivity index (χ3n) is 10.5. The molecule has 0 aliphatic carbocycles. The average molecular weight is 718 g/mol. The SMILES string of the molecule is c1ccc(-c2cccc(-c3cccc(-c4nc(-c5ccccc5)nc(-c5ccc6c(c5)oc5c(-c7cccc8c7oc7ccccc78)cccc56)n4)c3)c2)cc1. The van der Waals surface area contributed by atoms with Gasteiger partial charge in [0.25, 0.3) is 0 Å². The van der Waals surface area contributed by atoms with Gasteiger partial charge < -0.3 is 8.83 Å².